The SMILES string of the molecule is O=C(COc1cccc([C@](O)(C(=O)OCC2CCN(Cc3ccccc3)CC2)c2ccccc2)c1)N[C@H]1CCCN(C(=O)c2ccc(CNC[C@H](O)c3ccc(O)c4[nH]c(=O)ccc34)cc2)C1. The smallest absolute Gasteiger partial charge is 0.347 e. The average Bonchev–Trinajstić information content (AvgIpc) is 3.36. The van der Waals surface area contributed by atoms with Crippen LogP contribution in [0.5, 0.6) is 11.5 Å². The van der Waals surface area contributed by atoms with Crippen LogP contribution in [-0.4, -0.2) is 99.9 Å². The second-order valence-corrected chi connectivity index (χ2v) is 17.5. The number of aliphatic hydroxyl groups excluding tert-OH is 1. The molecule has 0 bridgehead atoms. The number of ether oxygens (including phenoxy) is 2. The number of piperidine rings is 2. The van der Waals surface area contributed by atoms with E-state index in [-0.39, 0.29) is 65.9 Å². The summed E-state index contributed by atoms with van der Waals surface area (Å²) < 4.78 is 11.8. The van der Waals surface area contributed by atoms with Gasteiger partial charge in [0.2, 0.25) is 11.2 Å². The van der Waals surface area contributed by atoms with Gasteiger partial charge in [-0.2, -0.15) is 0 Å². The highest BCUT2D eigenvalue weighted by molar-refractivity contribution is 5.94. The largest absolute Gasteiger partial charge is 0.506 e. The molecule has 0 radical (unpaired) electrons. The van der Waals surface area contributed by atoms with E-state index in [2.05, 4.69) is 32.7 Å². The van der Waals surface area contributed by atoms with Gasteiger partial charge >= 0.3 is 5.97 Å². The van der Waals surface area contributed by atoms with E-state index in [0.29, 0.717) is 60.3 Å². The number of phenolic OH excluding ortho intramolecular Hbond substituents is 1. The molecule has 2 aliphatic heterocycles. The first kappa shape index (κ1) is 46.7. The Morgan fingerprint density at radius 3 is 2.30 bits per heavy atom. The summed E-state index contributed by atoms with van der Waals surface area (Å²) in [6.45, 7) is 4.07. The molecule has 0 aliphatic carbocycles. The first-order valence-corrected chi connectivity index (χ1v) is 22.9. The van der Waals surface area contributed by atoms with Crippen molar-refractivity contribution in [1.82, 2.24) is 25.4 Å². The van der Waals surface area contributed by atoms with Crippen LogP contribution in [0, 0.1) is 5.92 Å². The van der Waals surface area contributed by atoms with Crippen LogP contribution in [0.15, 0.2) is 138 Å². The van der Waals surface area contributed by atoms with Crippen molar-refractivity contribution in [3.8, 4) is 11.5 Å². The number of nitrogens with one attached hydrogen (secondary N) is 3. The highest BCUT2D eigenvalue weighted by Crippen LogP contribution is 2.34. The van der Waals surface area contributed by atoms with Crippen LogP contribution in [-0.2, 0) is 33.0 Å². The van der Waals surface area contributed by atoms with Crippen LogP contribution in [0.3, 0.4) is 0 Å². The molecule has 67 heavy (non-hydrogen) atoms. The van der Waals surface area contributed by atoms with Crippen LogP contribution in [0.2, 0.25) is 0 Å². The Bertz CT molecular complexity index is 2690. The minimum absolute atomic E-state index is 0.0747. The molecule has 0 spiro atoms. The first-order chi connectivity index (χ1) is 32.5. The number of aromatic hydroxyl groups is 1. The van der Waals surface area contributed by atoms with Crippen LogP contribution < -0.4 is 20.9 Å². The summed E-state index contributed by atoms with van der Waals surface area (Å²) in [5.41, 5.74) is 1.67. The Balaban J connectivity index is 0.805. The third kappa shape index (κ3) is 11.6. The molecule has 2 saturated heterocycles. The molecule has 8 rings (SSSR count). The number of esters is 1. The van der Waals surface area contributed by atoms with Gasteiger partial charge in [0.25, 0.3) is 11.8 Å². The number of aliphatic hydroxyl groups is 2. The van der Waals surface area contributed by atoms with Crippen molar-refractivity contribution < 1.29 is 39.2 Å². The molecule has 6 N–H and O–H groups in total. The van der Waals surface area contributed by atoms with Crippen LogP contribution in [0.1, 0.15) is 70.0 Å². The molecule has 5 aromatic carbocycles. The van der Waals surface area contributed by atoms with E-state index in [1.165, 1.54) is 17.7 Å². The average molecular weight is 908 g/mol. The Labute approximate surface area is 389 Å². The number of likely N-dealkylation sites (tertiary alicyclic amines) is 2. The standard InChI is InChI=1S/C53H57N5O9/c59-46-22-20-44(45-21-23-48(61)56-50(45)46)47(60)31-54-30-36-16-18-39(19-17-36)51(63)58-26-8-14-42(33-58)55-49(62)35-66-43-15-7-13-41(29-43)53(65,40-11-5-2-6-12-40)52(64)67-34-38-24-27-57(28-25-38)32-37-9-3-1-4-10-37/h1-7,9-13,15-23,29,38,42,47,54,59-60,65H,8,14,24-28,30-35H2,(H,55,62)(H,56,61)/t42-,47-,53-/m0/s1. The topological polar surface area (TPSA) is 194 Å². The Morgan fingerprint density at radius 2 is 1.54 bits per heavy atom. The maximum atomic E-state index is 13.9. The van der Waals surface area contributed by atoms with E-state index in [1.807, 2.05) is 36.4 Å². The fraction of sp³-hybridized carbons (Fsp3) is 0.321. The van der Waals surface area contributed by atoms with Crippen molar-refractivity contribution >= 4 is 28.7 Å². The first-order valence-electron chi connectivity index (χ1n) is 22.9. The number of aromatic amines is 1. The zero-order chi connectivity index (χ0) is 46.8. The van der Waals surface area contributed by atoms with Gasteiger partial charge in [0.05, 0.1) is 18.2 Å². The summed E-state index contributed by atoms with van der Waals surface area (Å²) in [7, 11) is 0. The molecule has 2 fully saturated rings. The molecule has 14 nitrogen and oxygen atoms in total. The highest BCUT2D eigenvalue weighted by Gasteiger charge is 2.42. The fourth-order valence-corrected chi connectivity index (χ4v) is 9.00. The number of pyridine rings is 1. The monoisotopic (exact) mass is 907 g/mol. The molecule has 6 aromatic rings. The van der Waals surface area contributed by atoms with Gasteiger partial charge in [0, 0.05) is 61.3 Å². The summed E-state index contributed by atoms with van der Waals surface area (Å²) in [5.74, 6) is -0.903. The second kappa shape index (κ2) is 21.6. The Morgan fingerprint density at radius 1 is 0.806 bits per heavy atom. The number of amides is 2. The number of benzene rings is 5. The molecule has 3 heterocycles. The molecular weight excluding hydrogens is 851 g/mol. The molecule has 2 aliphatic rings. The van der Waals surface area contributed by atoms with Gasteiger partial charge < -0.3 is 45.3 Å². The van der Waals surface area contributed by atoms with Crippen molar-refractivity contribution in [2.24, 2.45) is 5.92 Å². The van der Waals surface area contributed by atoms with Crippen LogP contribution in [0.4, 0.5) is 0 Å². The van der Waals surface area contributed by atoms with Crippen molar-refractivity contribution in [2.45, 2.75) is 56.5 Å². The number of phenols is 1. The molecule has 2 amide bonds. The normalized spacial score (nSPS) is 17.0. The molecule has 14 heteroatoms. The number of hydrogen-bond donors (Lipinski definition) is 6. The maximum Gasteiger partial charge on any atom is 0.347 e. The van der Waals surface area contributed by atoms with Gasteiger partial charge in [-0.3, -0.25) is 19.3 Å². The molecule has 3 atom stereocenters. The van der Waals surface area contributed by atoms with E-state index < -0.39 is 17.7 Å². The number of H-pyrrole nitrogens is 1. The summed E-state index contributed by atoms with van der Waals surface area (Å²) in [5, 5.41) is 40.0. The van der Waals surface area contributed by atoms with Crippen molar-refractivity contribution in [3.63, 3.8) is 0 Å². The van der Waals surface area contributed by atoms with Gasteiger partial charge in [-0.05, 0) is 103 Å². The molecule has 1 aromatic heterocycles. The van der Waals surface area contributed by atoms with Crippen molar-refractivity contribution in [1.29, 1.82) is 0 Å². The predicted molar refractivity (Wildman–Crippen MR) is 253 cm³/mol. The lowest BCUT2D eigenvalue weighted by atomic mass is 9.86. The fourth-order valence-electron chi connectivity index (χ4n) is 9.00. The van der Waals surface area contributed by atoms with Crippen LogP contribution in [0.25, 0.3) is 10.9 Å². The van der Waals surface area contributed by atoms with Gasteiger partial charge in [-0.25, -0.2) is 4.79 Å². The zero-order valence-electron chi connectivity index (χ0n) is 37.3. The number of carbonyl (C=O) groups is 3. The van der Waals surface area contributed by atoms with E-state index in [9.17, 15) is 34.5 Å². The third-order valence-electron chi connectivity index (χ3n) is 12.7. The number of carbonyl (C=O) groups excluding carboxylic acids is 3. The highest BCUT2D eigenvalue weighted by atomic mass is 16.5. The van der Waals surface area contributed by atoms with E-state index >= 15 is 0 Å². The van der Waals surface area contributed by atoms with Gasteiger partial charge in [0.1, 0.15) is 11.5 Å². The number of nitrogens with zero attached hydrogens (tertiary/aromatic N) is 2. The lowest BCUT2D eigenvalue weighted by Gasteiger charge is -2.33. The van der Waals surface area contributed by atoms with Crippen molar-refractivity contribution in [2.75, 3.05) is 45.9 Å². The van der Waals surface area contributed by atoms with Crippen molar-refractivity contribution in [3.05, 3.63) is 177 Å². The quantitative estimate of drug-likeness (QED) is 0.0629. The molecular formula is C53H57N5O9. The number of fused-ring (bicyclic) bond motifs is 1. The number of aromatic nitrogens is 1. The molecule has 0 unspecified atom stereocenters. The summed E-state index contributed by atoms with van der Waals surface area (Å²) >= 11 is 0. The Kier molecular flexibility index (Phi) is 15.1. The number of hydrogen-bond acceptors (Lipinski definition) is 11. The minimum Gasteiger partial charge on any atom is -0.506 e. The lowest BCUT2D eigenvalue weighted by molar-refractivity contribution is -0.164. The minimum atomic E-state index is -2.12. The van der Waals surface area contributed by atoms with E-state index in [1.54, 1.807) is 77.7 Å². The van der Waals surface area contributed by atoms with Gasteiger partial charge in [-0.1, -0.05) is 91.0 Å². The lowest BCUT2D eigenvalue weighted by Crippen LogP contribution is -2.50. The number of rotatable bonds is 17. The van der Waals surface area contributed by atoms with E-state index in [4.69, 9.17) is 9.47 Å². The molecule has 348 valence electrons. The maximum absolute atomic E-state index is 13.9. The van der Waals surface area contributed by atoms with Gasteiger partial charge in [-0.15, -0.1) is 0 Å². The van der Waals surface area contributed by atoms with Gasteiger partial charge in [0.15, 0.2) is 6.61 Å². The van der Waals surface area contributed by atoms with Crippen LogP contribution >= 0.6 is 0 Å². The van der Waals surface area contributed by atoms with E-state index in [0.717, 1.165) is 38.0 Å². The molecule has 0 saturated carbocycles. The summed E-state index contributed by atoms with van der Waals surface area (Å²) in [6, 6.07) is 38.5. The summed E-state index contributed by atoms with van der Waals surface area (Å²) in [4.78, 5) is 59.2. The predicted octanol–water partition coefficient (Wildman–Crippen LogP) is 5.55. The Hall–Kier alpha value is -6.84. The zero-order valence-corrected chi connectivity index (χ0v) is 37.3. The second-order valence-electron chi connectivity index (χ2n) is 17.5. The third-order valence-corrected chi connectivity index (χ3v) is 12.7. The summed E-state index contributed by atoms with van der Waals surface area (Å²) in [6.07, 6.45) is 2.25.